The van der Waals surface area contributed by atoms with Gasteiger partial charge in [-0.3, -0.25) is 4.79 Å². The molecular formula is C20H32N4OS. The van der Waals surface area contributed by atoms with Gasteiger partial charge in [0.05, 0.1) is 13.1 Å². The molecule has 0 aliphatic heterocycles. The molecule has 0 spiro atoms. The first-order valence-corrected chi connectivity index (χ1v) is 10.5. The fourth-order valence-corrected chi connectivity index (χ4v) is 4.25. The van der Waals surface area contributed by atoms with E-state index in [-0.39, 0.29) is 12.5 Å². The molecule has 5 nitrogen and oxygen atoms in total. The highest BCUT2D eigenvalue weighted by molar-refractivity contribution is 7.99. The minimum absolute atomic E-state index is 0.0438. The Morgan fingerprint density at radius 3 is 2.73 bits per heavy atom. The predicted molar refractivity (Wildman–Crippen MR) is 112 cm³/mol. The maximum Gasteiger partial charge on any atom is 0.241 e. The van der Waals surface area contributed by atoms with Crippen molar-refractivity contribution in [1.82, 2.24) is 15.5 Å². The molecule has 1 aliphatic carbocycles. The van der Waals surface area contributed by atoms with Crippen LogP contribution in [0.15, 0.2) is 35.3 Å². The van der Waals surface area contributed by atoms with E-state index in [1.807, 2.05) is 18.2 Å². The Morgan fingerprint density at radius 1 is 1.27 bits per heavy atom. The molecule has 2 N–H and O–H groups in total. The van der Waals surface area contributed by atoms with Crippen molar-refractivity contribution in [3.63, 3.8) is 0 Å². The Kier molecular flexibility index (Phi) is 8.81. The van der Waals surface area contributed by atoms with Gasteiger partial charge in [-0.15, -0.1) is 0 Å². The number of amides is 1. The van der Waals surface area contributed by atoms with Crippen LogP contribution in [0.1, 0.15) is 38.2 Å². The second-order valence-corrected chi connectivity index (χ2v) is 8.45. The normalized spacial score (nSPS) is 20.5. The number of thioether (sulfide) groups is 1. The lowest BCUT2D eigenvalue weighted by Gasteiger charge is -2.30. The Hall–Kier alpha value is -1.69. The summed E-state index contributed by atoms with van der Waals surface area (Å²) in [4.78, 5) is 18.2. The van der Waals surface area contributed by atoms with E-state index in [1.54, 1.807) is 19.0 Å². The predicted octanol–water partition coefficient (Wildman–Crippen LogP) is 2.87. The van der Waals surface area contributed by atoms with Crippen LogP contribution in [0.4, 0.5) is 0 Å². The highest BCUT2D eigenvalue weighted by Gasteiger charge is 2.22. The summed E-state index contributed by atoms with van der Waals surface area (Å²) in [5, 5.41) is 7.50. The van der Waals surface area contributed by atoms with E-state index in [0.29, 0.717) is 12.6 Å². The molecule has 26 heavy (non-hydrogen) atoms. The molecule has 1 amide bonds. The first-order chi connectivity index (χ1) is 12.6. The molecule has 1 saturated carbocycles. The SMILES string of the molecule is CCSC1CCCC(NC(=NCc2ccccc2)NCC(=O)N(C)C)C1. The van der Waals surface area contributed by atoms with Crippen molar-refractivity contribution in [3.05, 3.63) is 35.9 Å². The molecule has 2 atom stereocenters. The number of carbonyl (C=O) groups excluding carboxylic acids is 1. The number of nitrogens with one attached hydrogen (secondary N) is 2. The van der Waals surface area contributed by atoms with Crippen LogP contribution in [0.25, 0.3) is 0 Å². The van der Waals surface area contributed by atoms with Crippen molar-refractivity contribution >= 4 is 23.6 Å². The molecule has 2 unspecified atom stereocenters. The summed E-state index contributed by atoms with van der Waals surface area (Å²) >= 11 is 2.05. The number of benzene rings is 1. The van der Waals surface area contributed by atoms with E-state index in [1.165, 1.54) is 18.6 Å². The summed E-state index contributed by atoms with van der Waals surface area (Å²) in [7, 11) is 3.54. The summed E-state index contributed by atoms with van der Waals surface area (Å²) in [6.45, 7) is 3.09. The quantitative estimate of drug-likeness (QED) is 0.567. The smallest absolute Gasteiger partial charge is 0.241 e. The highest BCUT2D eigenvalue weighted by atomic mass is 32.2. The lowest BCUT2D eigenvalue weighted by Crippen LogP contribution is -2.48. The molecular weight excluding hydrogens is 344 g/mol. The number of nitrogens with zero attached hydrogens (tertiary/aromatic N) is 2. The van der Waals surface area contributed by atoms with Crippen molar-refractivity contribution in [2.45, 2.75) is 50.4 Å². The summed E-state index contributed by atoms with van der Waals surface area (Å²) in [6, 6.07) is 10.6. The number of rotatable bonds is 7. The summed E-state index contributed by atoms with van der Waals surface area (Å²) in [5.74, 6) is 1.94. The lowest BCUT2D eigenvalue weighted by atomic mass is 9.95. The van der Waals surface area contributed by atoms with Gasteiger partial charge in [0.25, 0.3) is 0 Å². The van der Waals surface area contributed by atoms with E-state index < -0.39 is 0 Å². The van der Waals surface area contributed by atoms with Gasteiger partial charge in [-0.25, -0.2) is 4.99 Å². The van der Waals surface area contributed by atoms with Gasteiger partial charge in [-0.05, 0) is 30.6 Å². The summed E-state index contributed by atoms with van der Waals surface area (Å²) in [6.07, 6.45) is 4.87. The van der Waals surface area contributed by atoms with Crippen LogP contribution in [0, 0.1) is 0 Å². The monoisotopic (exact) mass is 376 g/mol. The van der Waals surface area contributed by atoms with Gasteiger partial charge in [0.15, 0.2) is 5.96 Å². The van der Waals surface area contributed by atoms with E-state index in [2.05, 4.69) is 41.5 Å². The molecule has 0 radical (unpaired) electrons. The molecule has 144 valence electrons. The van der Waals surface area contributed by atoms with Crippen molar-refractivity contribution in [2.75, 3.05) is 26.4 Å². The number of likely N-dealkylation sites (N-methyl/N-ethyl adjacent to an activating group) is 1. The van der Waals surface area contributed by atoms with Gasteiger partial charge in [-0.2, -0.15) is 11.8 Å². The highest BCUT2D eigenvalue weighted by Crippen LogP contribution is 2.28. The number of hydrogen-bond donors (Lipinski definition) is 2. The van der Waals surface area contributed by atoms with Crippen LogP contribution in [0.5, 0.6) is 0 Å². The van der Waals surface area contributed by atoms with Crippen LogP contribution in [-0.2, 0) is 11.3 Å². The third kappa shape index (κ3) is 7.28. The van der Waals surface area contributed by atoms with Gasteiger partial charge in [0, 0.05) is 25.4 Å². The molecule has 2 rings (SSSR count). The molecule has 1 fully saturated rings. The van der Waals surface area contributed by atoms with Crippen LogP contribution in [0.2, 0.25) is 0 Å². The van der Waals surface area contributed by atoms with E-state index in [0.717, 1.165) is 29.6 Å². The van der Waals surface area contributed by atoms with Crippen molar-refractivity contribution in [3.8, 4) is 0 Å². The van der Waals surface area contributed by atoms with E-state index >= 15 is 0 Å². The molecule has 1 aromatic rings. The average molecular weight is 377 g/mol. The number of hydrogen-bond acceptors (Lipinski definition) is 3. The zero-order chi connectivity index (χ0) is 18.8. The molecule has 0 saturated heterocycles. The second kappa shape index (κ2) is 11.1. The van der Waals surface area contributed by atoms with Crippen LogP contribution >= 0.6 is 11.8 Å². The average Bonchev–Trinajstić information content (AvgIpc) is 2.65. The van der Waals surface area contributed by atoms with Crippen LogP contribution < -0.4 is 10.6 Å². The summed E-state index contributed by atoms with van der Waals surface area (Å²) < 4.78 is 0. The van der Waals surface area contributed by atoms with Crippen LogP contribution in [0.3, 0.4) is 0 Å². The number of guanidine groups is 1. The topological polar surface area (TPSA) is 56.7 Å². The maximum absolute atomic E-state index is 11.9. The van der Waals surface area contributed by atoms with Gasteiger partial charge < -0.3 is 15.5 Å². The van der Waals surface area contributed by atoms with Crippen molar-refractivity contribution < 1.29 is 4.79 Å². The van der Waals surface area contributed by atoms with Gasteiger partial charge in [0.1, 0.15) is 0 Å². The first kappa shape index (κ1) is 20.6. The third-order valence-electron chi connectivity index (χ3n) is 4.54. The third-order valence-corrected chi connectivity index (χ3v) is 5.77. The first-order valence-electron chi connectivity index (χ1n) is 9.49. The zero-order valence-electron chi connectivity index (χ0n) is 16.2. The number of aliphatic imine (C=N–C) groups is 1. The van der Waals surface area contributed by atoms with Crippen LogP contribution in [-0.4, -0.2) is 54.5 Å². The molecule has 6 heteroatoms. The minimum Gasteiger partial charge on any atom is -0.354 e. The minimum atomic E-state index is 0.0438. The Bertz CT molecular complexity index is 574. The Balaban J connectivity index is 1.98. The summed E-state index contributed by atoms with van der Waals surface area (Å²) in [5.41, 5.74) is 1.16. The molecule has 1 aromatic carbocycles. The van der Waals surface area contributed by atoms with E-state index in [4.69, 9.17) is 4.99 Å². The maximum atomic E-state index is 11.9. The van der Waals surface area contributed by atoms with Crippen molar-refractivity contribution in [1.29, 1.82) is 0 Å². The fourth-order valence-electron chi connectivity index (χ4n) is 3.08. The molecule has 0 aromatic heterocycles. The largest absolute Gasteiger partial charge is 0.354 e. The lowest BCUT2D eigenvalue weighted by molar-refractivity contribution is -0.127. The Labute approximate surface area is 162 Å². The fraction of sp³-hybridized carbons (Fsp3) is 0.600. The molecule has 0 heterocycles. The standard InChI is InChI=1S/C20H32N4OS/c1-4-26-18-12-8-11-17(13-18)23-20(22-15-19(25)24(2)3)21-14-16-9-6-5-7-10-16/h5-7,9-10,17-18H,4,8,11-15H2,1-3H3,(H2,21,22,23). The zero-order valence-corrected chi connectivity index (χ0v) is 17.0. The van der Waals surface area contributed by atoms with Crippen molar-refractivity contribution in [2.24, 2.45) is 4.99 Å². The second-order valence-electron chi connectivity index (χ2n) is 6.88. The van der Waals surface area contributed by atoms with Gasteiger partial charge >= 0.3 is 0 Å². The van der Waals surface area contributed by atoms with E-state index in [9.17, 15) is 4.79 Å². The van der Waals surface area contributed by atoms with Gasteiger partial charge in [-0.1, -0.05) is 43.7 Å². The molecule has 1 aliphatic rings. The molecule has 0 bridgehead atoms. The number of carbonyl (C=O) groups is 1. The van der Waals surface area contributed by atoms with Gasteiger partial charge in [0.2, 0.25) is 5.91 Å². The Morgan fingerprint density at radius 2 is 2.04 bits per heavy atom.